The monoisotopic (exact) mass is 372 g/mol. The molecule has 144 valence electrons. The third kappa shape index (κ3) is 3.51. The maximum Gasteiger partial charge on any atom is 0.244 e. The zero-order chi connectivity index (χ0) is 19.7. The van der Waals surface area contributed by atoms with Gasteiger partial charge in [0.25, 0.3) is 0 Å². The highest BCUT2D eigenvalue weighted by atomic mass is 19.1. The van der Waals surface area contributed by atoms with Crippen LogP contribution in [-0.2, 0) is 4.79 Å². The Hall–Kier alpha value is -2.54. The van der Waals surface area contributed by atoms with Crippen LogP contribution < -0.4 is 0 Å². The minimum Gasteiger partial charge on any atom is -0.334 e. The van der Waals surface area contributed by atoms with Gasteiger partial charge in [-0.15, -0.1) is 0 Å². The SMILES string of the molecule is CCC1C(=O)N(C)C2=CN=CN(CC(=O)c3ccc(F)cc3)[C@H]2N1C(C)C. The van der Waals surface area contributed by atoms with E-state index >= 15 is 0 Å². The molecule has 0 aromatic heterocycles. The summed E-state index contributed by atoms with van der Waals surface area (Å²) in [5.74, 6) is -0.463. The smallest absolute Gasteiger partial charge is 0.244 e. The van der Waals surface area contributed by atoms with Crippen molar-refractivity contribution in [3.05, 3.63) is 47.5 Å². The van der Waals surface area contributed by atoms with Crippen LogP contribution in [0.25, 0.3) is 0 Å². The number of nitrogens with zero attached hydrogens (tertiary/aromatic N) is 4. The minimum atomic E-state index is -0.375. The van der Waals surface area contributed by atoms with Crippen LogP contribution in [0.1, 0.15) is 37.6 Å². The summed E-state index contributed by atoms with van der Waals surface area (Å²) in [6.45, 7) is 6.18. The number of piperazine rings is 1. The minimum absolute atomic E-state index is 0.0376. The van der Waals surface area contributed by atoms with Crippen molar-refractivity contribution in [2.45, 2.75) is 45.4 Å². The van der Waals surface area contributed by atoms with Crippen LogP contribution in [0.2, 0.25) is 0 Å². The second-order valence-corrected chi connectivity index (χ2v) is 7.16. The fourth-order valence-corrected chi connectivity index (χ4v) is 3.78. The fourth-order valence-electron chi connectivity index (χ4n) is 3.78. The molecule has 3 rings (SSSR count). The van der Waals surface area contributed by atoms with E-state index in [0.717, 1.165) is 5.70 Å². The molecule has 0 spiro atoms. The standard InChI is InChI=1S/C20H25FN4O2/c1-5-16-20(27)23(4)17-10-22-12-24(19(17)25(16)13(2)3)11-18(26)14-6-8-15(21)9-7-14/h6-10,12-13,16,19H,5,11H2,1-4H3/t16?,19-/m0/s1. The van der Waals surface area contributed by atoms with Gasteiger partial charge in [0.1, 0.15) is 12.0 Å². The summed E-state index contributed by atoms with van der Waals surface area (Å²) in [6, 6.07) is 5.39. The van der Waals surface area contributed by atoms with Crippen LogP contribution in [0.3, 0.4) is 0 Å². The average Bonchev–Trinajstić information content (AvgIpc) is 2.64. The number of rotatable bonds is 5. The fraction of sp³-hybridized carbons (Fsp3) is 0.450. The highest BCUT2D eigenvalue weighted by Gasteiger charge is 2.46. The van der Waals surface area contributed by atoms with Crippen molar-refractivity contribution in [2.75, 3.05) is 13.6 Å². The van der Waals surface area contributed by atoms with E-state index in [0.29, 0.717) is 12.0 Å². The maximum absolute atomic E-state index is 13.1. The van der Waals surface area contributed by atoms with Gasteiger partial charge in [-0.05, 0) is 44.5 Å². The highest BCUT2D eigenvalue weighted by Crippen LogP contribution is 2.32. The lowest BCUT2D eigenvalue weighted by Crippen LogP contribution is -2.66. The second kappa shape index (κ2) is 7.60. The van der Waals surface area contributed by atoms with Crippen molar-refractivity contribution in [1.29, 1.82) is 0 Å². The van der Waals surface area contributed by atoms with Crippen molar-refractivity contribution in [3.8, 4) is 0 Å². The topological polar surface area (TPSA) is 56.2 Å². The van der Waals surface area contributed by atoms with E-state index in [2.05, 4.69) is 9.89 Å². The number of halogens is 1. The molecule has 0 saturated carbocycles. The zero-order valence-corrected chi connectivity index (χ0v) is 16.1. The lowest BCUT2D eigenvalue weighted by Gasteiger charge is -2.52. The Kier molecular flexibility index (Phi) is 5.41. The van der Waals surface area contributed by atoms with E-state index in [1.807, 2.05) is 25.7 Å². The first-order valence-electron chi connectivity index (χ1n) is 9.18. The summed E-state index contributed by atoms with van der Waals surface area (Å²) in [5, 5.41) is 0. The van der Waals surface area contributed by atoms with Gasteiger partial charge >= 0.3 is 0 Å². The van der Waals surface area contributed by atoms with Crippen molar-refractivity contribution in [3.63, 3.8) is 0 Å². The van der Waals surface area contributed by atoms with E-state index in [1.165, 1.54) is 24.3 Å². The van der Waals surface area contributed by atoms with Crippen LogP contribution in [0.15, 0.2) is 41.2 Å². The van der Waals surface area contributed by atoms with Crippen molar-refractivity contribution in [2.24, 2.45) is 4.99 Å². The summed E-state index contributed by atoms with van der Waals surface area (Å²) >= 11 is 0. The molecule has 1 amide bonds. The first kappa shape index (κ1) is 19.2. The third-order valence-electron chi connectivity index (χ3n) is 5.12. The molecule has 0 N–H and O–H groups in total. The first-order chi connectivity index (χ1) is 12.8. The Bertz CT molecular complexity index is 788. The van der Waals surface area contributed by atoms with Gasteiger partial charge in [-0.25, -0.2) is 9.38 Å². The molecular weight excluding hydrogens is 347 g/mol. The Morgan fingerprint density at radius 1 is 1.26 bits per heavy atom. The summed E-state index contributed by atoms with van der Waals surface area (Å²) in [5.41, 5.74) is 1.21. The Morgan fingerprint density at radius 3 is 2.52 bits per heavy atom. The molecule has 1 aromatic rings. The quantitative estimate of drug-likeness (QED) is 0.745. The third-order valence-corrected chi connectivity index (χ3v) is 5.12. The number of carbonyl (C=O) groups is 2. The molecule has 7 heteroatoms. The molecule has 2 heterocycles. The summed E-state index contributed by atoms with van der Waals surface area (Å²) in [6.07, 6.45) is 3.76. The number of hydrogen-bond donors (Lipinski definition) is 0. The van der Waals surface area contributed by atoms with E-state index < -0.39 is 0 Å². The van der Waals surface area contributed by atoms with Crippen molar-refractivity contribution < 1.29 is 14.0 Å². The molecule has 6 nitrogen and oxygen atoms in total. The number of amides is 1. The molecule has 2 aliphatic rings. The van der Waals surface area contributed by atoms with Gasteiger partial charge in [0.05, 0.1) is 30.8 Å². The number of Topliss-reactive ketones (excluding diaryl/α,β-unsaturated/α-hetero) is 1. The predicted molar refractivity (Wildman–Crippen MR) is 102 cm³/mol. The van der Waals surface area contributed by atoms with Crippen molar-refractivity contribution >= 4 is 18.0 Å². The molecule has 1 aromatic carbocycles. The molecule has 1 fully saturated rings. The molecule has 27 heavy (non-hydrogen) atoms. The molecule has 1 unspecified atom stereocenters. The molecule has 0 aliphatic carbocycles. The van der Waals surface area contributed by atoms with Gasteiger partial charge in [0.2, 0.25) is 5.91 Å². The second-order valence-electron chi connectivity index (χ2n) is 7.16. The van der Waals surface area contributed by atoms with E-state index in [4.69, 9.17) is 0 Å². The lowest BCUT2D eigenvalue weighted by molar-refractivity contribution is -0.144. The molecule has 0 bridgehead atoms. The molecule has 0 radical (unpaired) electrons. The van der Waals surface area contributed by atoms with Gasteiger partial charge in [0.15, 0.2) is 5.78 Å². The highest BCUT2D eigenvalue weighted by molar-refractivity contribution is 5.98. The number of ketones is 1. The van der Waals surface area contributed by atoms with E-state index in [9.17, 15) is 14.0 Å². The lowest BCUT2D eigenvalue weighted by atomic mass is 10.0. The van der Waals surface area contributed by atoms with Gasteiger partial charge < -0.3 is 9.80 Å². The number of benzene rings is 1. The van der Waals surface area contributed by atoms with Crippen LogP contribution in [0.4, 0.5) is 4.39 Å². The molecular formula is C20H25FN4O2. The molecule has 2 aliphatic heterocycles. The summed E-state index contributed by atoms with van der Waals surface area (Å²) in [4.78, 5) is 35.4. The number of aliphatic imine (C=N–C) groups is 1. The zero-order valence-electron chi connectivity index (χ0n) is 16.1. The van der Waals surface area contributed by atoms with E-state index in [-0.39, 0.29) is 42.3 Å². The van der Waals surface area contributed by atoms with Crippen LogP contribution in [0, 0.1) is 5.82 Å². The first-order valence-corrected chi connectivity index (χ1v) is 9.18. The maximum atomic E-state index is 13.1. The van der Waals surface area contributed by atoms with Crippen molar-refractivity contribution in [1.82, 2.24) is 14.7 Å². The number of fused-ring (bicyclic) bond motifs is 1. The Labute approximate surface area is 159 Å². The van der Waals surface area contributed by atoms with Gasteiger partial charge in [-0.3, -0.25) is 14.5 Å². The van der Waals surface area contributed by atoms with Crippen LogP contribution >= 0.6 is 0 Å². The van der Waals surface area contributed by atoms with E-state index in [1.54, 1.807) is 24.5 Å². The van der Waals surface area contributed by atoms with Gasteiger partial charge in [-0.2, -0.15) is 0 Å². The van der Waals surface area contributed by atoms with Gasteiger partial charge in [-0.1, -0.05) is 6.92 Å². The average molecular weight is 372 g/mol. The largest absolute Gasteiger partial charge is 0.334 e. The number of carbonyl (C=O) groups excluding carboxylic acids is 2. The molecule has 1 saturated heterocycles. The van der Waals surface area contributed by atoms with Gasteiger partial charge in [0, 0.05) is 18.7 Å². The number of hydrogen-bond acceptors (Lipinski definition) is 5. The Balaban J connectivity index is 1.91. The summed E-state index contributed by atoms with van der Waals surface area (Å²) in [7, 11) is 1.75. The van der Waals surface area contributed by atoms with Crippen LogP contribution in [-0.4, -0.2) is 64.6 Å². The predicted octanol–water partition coefficient (Wildman–Crippen LogP) is 2.48. The summed E-state index contributed by atoms with van der Waals surface area (Å²) < 4.78 is 13.1. The molecule has 2 atom stereocenters. The normalized spacial score (nSPS) is 22.9. The van der Waals surface area contributed by atoms with Crippen LogP contribution in [0.5, 0.6) is 0 Å². The Morgan fingerprint density at radius 2 is 1.93 bits per heavy atom. The number of likely N-dealkylation sites (N-methyl/N-ethyl adjacent to an activating group) is 1.